The molecule has 188 valence electrons. The van der Waals surface area contributed by atoms with Gasteiger partial charge in [0.1, 0.15) is 0 Å². The molecule has 4 heteroatoms. The summed E-state index contributed by atoms with van der Waals surface area (Å²) in [4.78, 5) is 0. The van der Waals surface area contributed by atoms with E-state index in [1.54, 1.807) is 6.20 Å². The van der Waals surface area contributed by atoms with E-state index in [1.807, 2.05) is 17.8 Å². The van der Waals surface area contributed by atoms with Crippen LogP contribution in [0.25, 0.3) is 0 Å². The first-order chi connectivity index (χ1) is 16.2. The molecule has 1 aromatic heterocycles. The van der Waals surface area contributed by atoms with Crippen LogP contribution in [0.1, 0.15) is 103 Å². The predicted molar refractivity (Wildman–Crippen MR) is 136 cm³/mol. The van der Waals surface area contributed by atoms with Gasteiger partial charge >= 0.3 is 0 Å². The lowest BCUT2D eigenvalue weighted by Crippen LogP contribution is -2.58. The highest BCUT2D eigenvalue weighted by atomic mass is 16.3. The minimum absolute atomic E-state index is 0.190. The molecule has 1 heterocycles. The van der Waals surface area contributed by atoms with Crippen molar-refractivity contribution in [3.05, 3.63) is 18.0 Å². The van der Waals surface area contributed by atoms with E-state index in [-0.39, 0.29) is 11.3 Å². The van der Waals surface area contributed by atoms with Gasteiger partial charge in [-0.25, -0.2) is 0 Å². The Morgan fingerprint density at radius 3 is 2.68 bits per heavy atom. The Kier molecular flexibility index (Phi) is 6.43. The lowest BCUT2D eigenvalue weighted by molar-refractivity contribution is -0.171. The Morgan fingerprint density at radius 1 is 1.15 bits per heavy atom. The van der Waals surface area contributed by atoms with Gasteiger partial charge in [0.2, 0.25) is 0 Å². The third-order valence-corrected chi connectivity index (χ3v) is 11.1. The van der Waals surface area contributed by atoms with Crippen molar-refractivity contribution in [2.45, 2.75) is 116 Å². The fraction of sp³-hybridized carbons (Fsp3) is 0.833. The minimum atomic E-state index is -0.795. The molecule has 0 aliphatic heterocycles. The molecule has 0 bridgehead atoms. The number of fused-ring (bicyclic) bond motifs is 5. The van der Waals surface area contributed by atoms with E-state index in [9.17, 15) is 10.2 Å². The highest BCUT2D eigenvalue weighted by Crippen LogP contribution is 2.64. The summed E-state index contributed by atoms with van der Waals surface area (Å²) in [6, 6.07) is 0. The van der Waals surface area contributed by atoms with E-state index in [0.29, 0.717) is 12.5 Å². The summed E-state index contributed by atoms with van der Waals surface area (Å²) in [7, 11) is 0. The van der Waals surface area contributed by atoms with Crippen molar-refractivity contribution in [3.63, 3.8) is 0 Å². The molecule has 0 unspecified atom stereocenters. The van der Waals surface area contributed by atoms with Gasteiger partial charge in [-0.15, -0.1) is 6.42 Å². The molecule has 0 radical (unpaired) electrons. The molecule has 34 heavy (non-hydrogen) atoms. The summed E-state index contributed by atoms with van der Waals surface area (Å²) in [5.74, 6) is 6.82. The fourth-order valence-corrected chi connectivity index (χ4v) is 9.83. The number of terminal acetylenes is 1. The van der Waals surface area contributed by atoms with Crippen LogP contribution < -0.4 is 0 Å². The van der Waals surface area contributed by atoms with Gasteiger partial charge in [-0.05, 0) is 112 Å². The van der Waals surface area contributed by atoms with Gasteiger partial charge in [0, 0.05) is 6.20 Å². The highest BCUT2D eigenvalue weighted by molar-refractivity contribution is 5.26. The van der Waals surface area contributed by atoms with Crippen molar-refractivity contribution in [1.29, 1.82) is 0 Å². The van der Waals surface area contributed by atoms with Crippen LogP contribution in [0.5, 0.6) is 0 Å². The third kappa shape index (κ3) is 4.16. The van der Waals surface area contributed by atoms with Crippen molar-refractivity contribution in [3.8, 4) is 12.3 Å². The van der Waals surface area contributed by atoms with E-state index in [1.165, 1.54) is 44.9 Å². The van der Waals surface area contributed by atoms with Crippen molar-refractivity contribution < 1.29 is 10.2 Å². The van der Waals surface area contributed by atoms with Crippen LogP contribution in [0.15, 0.2) is 12.4 Å². The average molecular weight is 467 g/mol. The lowest BCUT2D eigenvalue weighted by atomic mass is 9.43. The van der Waals surface area contributed by atoms with Gasteiger partial charge in [-0.1, -0.05) is 32.6 Å². The molecular formula is C30H46N2O2. The minimum Gasteiger partial charge on any atom is -0.390 e. The largest absolute Gasteiger partial charge is 0.390 e. The molecule has 4 aliphatic carbocycles. The number of aliphatic hydroxyl groups is 2. The summed E-state index contributed by atoms with van der Waals surface area (Å²) in [5, 5.41) is 27.4. The first-order valence-electron chi connectivity index (χ1n) is 14.1. The summed E-state index contributed by atoms with van der Waals surface area (Å²) in [6.07, 6.45) is 23.3. The smallest absolute Gasteiger partial charge is 0.0848 e. The van der Waals surface area contributed by atoms with Crippen molar-refractivity contribution in [1.82, 2.24) is 9.78 Å². The van der Waals surface area contributed by atoms with Crippen molar-refractivity contribution in [2.75, 3.05) is 0 Å². The van der Waals surface area contributed by atoms with Crippen LogP contribution >= 0.6 is 0 Å². The summed E-state index contributed by atoms with van der Waals surface area (Å²) < 4.78 is 1.85. The second-order valence-corrected chi connectivity index (χ2v) is 13.1. The van der Waals surface area contributed by atoms with E-state index >= 15 is 0 Å². The maximum atomic E-state index is 11.8. The Hall–Kier alpha value is -1.31. The zero-order valence-corrected chi connectivity index (χ0v) is 21.7. The maximum Gasteiger partial charge on any atom is 0.0848 e. The summed E-state index contributed by atoms with van der Waals surface area (Å²) in [5.41, 5.74) is -0.224. The molecule has 0 aromatic carbocycles. The molecule has 0 amide bonds. The normalized spacial score (nSPS) is 43.6. The van der Waals surface area contributed by atoms with Crippen LogP contribution in [0.2, 0.25) is 0 Å². The Labute approximate surface area is 206 Å². The number of hydrogen-bond donors (Lipinski definition) is 2. The molecule has 4 saturated carbocycles. The van der Waals surface area contributed by atoms with Crippen LogP contribution in [-0.2, 0) is 6.54 Å². The van der Waals surface area contributed by atoms with E-state index in [2.05, 4.69) is 24.9 Å². The second-order valence-electron chi connectivity index (χ2n) is 13.1. The summed E-state index contributed by atoms with van der Waals surface area (Å²) in [6.45, 7) is 7.27. The van der Waals surface area contributed by atoms with Crippen LogP contribution in [0, 0.1) is 53.3 Å². The van der Waals surface area contributed by atoms with Crippen LogP contribution in [-0.4, -0.2) is 31.2 Å². The standard InChI is InChI=1S/C30H46N2O2/c1-5-14-30(34)16-13-23-22(17-30)10-11-25-24(23)12-15-28(3)26(25)8-7-9-27(28)29(4,33)20-32-19-21(6-2)18-31-32/h2,18-19,22-27,33-34H,5,7-17,20H2,1,3-4H3/t22-,23-,24+,25+,26-,27-,28-,29-,30+/m0/s1. The van der Waals surface area contributed by atoms with Gasteiger partial charge in [0.05, 0.1) is 29.5 Å². The summed E-state index contributed by atoms with van der Waals surface area (Å²) >= 11 is 0. The monoisotopic (exact) mass is 466 g/mol. The molecule has 4 nitrogen and oxygen atoms in total. The van der Waals surface area contributed by atoms with Gasteiger partial charge in [-0.2, -0.15) is 5.10 Å². The molecule has 9 atom stereocenters. The molecule has 5 rings (SSSR count). The van der Waals surface area contributed by atoms with Gasteiger partial charge in [0.25, 0.3) is 0 Å². The Balaban J connectivity index is 1.33. The van der Waals surface area contributed by atoms with Gasteiger partial charge < -0.3 is 10.2 Å². The zero-order valence-electron chi connectivity index (χ0n) is 21.7. The van der Waals surface area contributed by atoms with E-state index in [0.717, 1.165) is 61.3 Å². The first-order valence-corrected chi connectivity index (χ1v) is 14.1. The predicted octanol–water partition coefficient (Wildman–Crippen LogP) is 5.81. The average Bonchev–Trinajstić information content (AvgIpc) is 3.24. The molecule has 4 aliphatic rings. The third-order valence-electron chi connectivity index (χ3n) is 11.1. The molecular weight excluding hydrogens is 420 g/mol. The van der Waals surface area contributed by atoms with Gasteiger partial charge in [0.15, 0.2) is 0 Å². The fourth-order valence-electron chi connectivity index (χ4n) is 9.83. The zero-order chi connectivity index (χ0) is 24.1. The van der Waals surface area contributed by atoms with E-state index in [4.69, 9.17) is 6.42 Å². The first kappa shape index (κ1) is 24.4. The van der Waals surface area contributed by atoms with E-state index < -0.39 is 11.2 Å². The maximum absolute atomic E-state index is 11.8. The Morgan fingerprint density at radius 2 is 1.94 bits per heavy atom. The number of hydrogen-bond acceptors (Lipinski definition) is 3. The molecule has 2 N–H and O–H groups in total. The lowest BCUT2D eigenvalue weighted by Gasteiger charge is -2.62. The second kappa shape index (κ2) is 8.97. The van der Waals surface area contributed by atoms with Gasteiger partial charge in [-0.3, -0.25) is 4.68 Å². The Bertz CT molecular complexity index is 915. The van der Waals surface area contributed by atoms with Crippen LogP contribution in [0.4, 0.5) is 0 Å². The number of rotatable bonds is 5. The number of aromatic nitrogens is 2. The molecule has 4 fully saturated rings. The van der Waals surface area contributed by atoms with Crippen molar-refractivity contribution in [2.24, 2.45) is 40.9 Å². The quantitative estimate of drug-likeness (QED) is 0.539. The van der Waals surface area contributed by atoms with Crippen molar-refractivity contribution >= 4 is 0 Å². The molecule has 1 aromatic rings. The SMILES string of the molecule is C#Cc1cnn(C[C@](C)(O)[C@H]2CCC[C@H]3[C@@H]4CC[C@H]5C[C@@](O)(CCC)CC[C@@H]5[C@H]4CC[C@@]32C)c1. The highest BCUT2D eigenvalue weighted by Gasteiger charge is 2.59. The number of nitrogens with zero attached hydrogens (tertiary/aromatic N) is 2. The molecule has 0 saturated heterocycles. The molecule has 0 spiro atoms. The van der Waals surface area contributed by atoms with Crippen LogP contribution in [0.3, 0.4) is 0 Å². The topological polar surface area (TPSA) is 58.3 Å².